The van der Waals surface area contributed by atoms with Gasteiger partial charge in [0.1, 0.15) is 5.82 Å². The van der Waals surface area contributed by atoms with Gasteiger partial charge >= 0.3 is 0 Å². The molecule has 1 aromatic carbocycles. The molecule has 1 aliphatic rings. The Bertz CT molecular complexity index is 305. The van der Waals surface area contributed by atoms with E-state index in [1.165, 1.54) is 12.8 Å². The highest BCUT2D eigenvalue weighted by Crippen LogP contribution is 2.20. The molecule has 0 amide bonds. The number of nitrogens with one attached hydrogen (secondary N) is 1. The molecule has 1 nitrogen and oxygen atoms in total. The molecule has 0 heterocycles. The van der Waals surface area contributed by atoms with Gasteiger partial charge in [0.15, 0.2) is 0 Å². The molecule has 0 radical (unpaired) electrons. The van der Waals surface area contributed by atoms with Gasteiger partial charge in [-0.3, -0.25) is 0 Å². The van der Waals surface area contributed by atoms with Crippen molar-refractivity contribution in [3.8, 4) is 0 Å². The Morgan fingerprint density at radius 3 is 2.92 bits per heavy atom. The van der Waals surface area contributed by atoms with Crippen LogP contribution in [0.1, 0.15) is 24.0 Å². The van der Waals surface area contributed by atoms with Gasteiger partial charge in [-0.2, -0.15) is 0 Å². The summed E-state index contributed by atoms with van der Waals surface area (Å²) in [6.07, 6.45) is 2.49. The summed E-state index contributed by atoms with van der Waals surface area (Å²) in [7, 11) is 0. The molecule has 1 aliphatic carbocycles. The lowest BCUT2D eigenvalue weighted by Crippen LogP contribution is -2.16. The van der Waals surface area contributed by atoms with Crippen LogP contribution in [0.25, 0.3) is 0 Å². The van der Waals surface area contributed by atoms with Gasteiger partial charge in [0.05, 0.1) is 0 Å². The molecule has 0 saturated heterocycles. The summed E-state index contributed by atoms with van der Waals surface area (Å²) < 4.78 is 13.2. The standard InChI is InChI=1S/C11H14FN/c1-8-2-5-11(12)9(6-8)7-13-10-3-4-10/h2,5-6,10,13H,3-4,7H2,1H3. The summed E-state index contributed by atoms with van der Waals surface area (Å²) in [6.45, 7) is 2.65. The maximum absolute atomic E-state index is 13.2. The summed E-state index contributed by atoms with van der Waals surface area (Å²) in [4.78, 5) is 0. The number of hydrogen-bond acceptors (Lipinski definition) is 1. The fourth-order valence-electron chi connectivity index (χ4n) is 1.38. The van der Waals surface area contributed by atoms with Gasteiger partial charge < -0.3 is 5.32 Å². The second kappa shape index (κ2) is 3.46. The van der Waals surface area contributed by atoms with Crippen molar-refractivity contribution in [2.24, 2.45) is 0 Å². The number of halogens is 1. The molecule has 2 heteroatoms. The fraction of sp³-hybridized carbons (Fsp3) is 0.455. The molecule has 0 aromatic heterocycles. The molecular weight excluding hydrogens is 165 g/mol. The van der Waals surface area contributed by atoms with E-state index in [1.54, 1.807) is 12.1 Å². The van der Waals surface area contributed by atoms with Crippen molar-refractivity contribution >= 4 is 0 Å². The van der Waals surface area contributed by atoms with Crippen LogP contribution in [-0.2, 0) is 6.54 Å². The second-order valence-electron chi connectivity index (χ2n) is 3.75. The minimum Gasteiger partial charge on any atom is -0.310 e. The first-order valence-corrected chi connectivity index (χ1v) is 4.74. The number of aryl methyl sites for hydroxylation is 1. The third-order valence-electron chi connectivity index (χ3n) is 2.36. The summed E-state index contributed by atoms with van der Waals surface area (Å²) in [5.41, 5.74) is 1.90. The zero-order valence-corrected chi connectivity index (χ0v) is 7.81. The quantitative estimate of drug-likeness (QED) is 0.751. The lowest BCUT2D eigenvalue weighted by molar-refractivity contribution is 0.586. The van der Waals surface area contributed by atoms with Gasteiger partial charge in [-0.1, -0.05) is 17.7 Å². The highest BCUT2D eigenvalue weighted by Gasteiger charge is 2.20. The number of hydrogen-bond donors (Lipinski definition) is 1. The van der Waals surface area contributed by atoms with Crippen LogP contribution in [0.5, 0.6) is 0 Å². The topological polar surface area (TPSA) is 12.0 Å². The fourth-order valence-corrected chi connectivity index (χ4v) is 1.38. The van der Waals surface area contributed by atoms with Crippen molar-refractivity contribution in [1.82, 2.24) is 5.32 Å². The molecule has 1 saturated carbocycles. The van der Waals surface area contributed by atoms with E-state index in [9.17, 15) is 4.39 Å². The second-order valence-corrected chi connectivity index (χ2v) is 3.75. The first kappa shape index (κ1) is 8.70. The van der Waals surface area contributed by atoms with E-state index < -0.39 is 0 Å². The molecule has 0 spiro atoms. The van der Waals surface area contributed by atoms with Crippen LogP contribution in [0.3, 0.4) is 0 Å². The zero-order chi connectivity index (χ0) is 9.26. The lowest BCUT2D eigenvalue weighted by atomic mass is 10.1. The normalized spacial score (nSPS) is 16.2. The largest absolute Gasteiger partial charge is 0.310 e. The molecule has 2 rings (SSSR count). The molecule has 1 aromatic rings. The molecule has 0 bridgehead atoms. The Hall–Kier alpha value is -0.890. The number of benzene rings is 1. The Kier molecular flexibility index (Phi) is 2.32. The van der Waals surface area contributed by atoms with E-state index in [0.717, 1.165) is 11.1 Å². The van der Waals surface area contributed by atoms with Crippen LogP contribution in [-0.4, -0.2) is 6.04 Å². The minimum atomic E-state index is -0.0984. The predicted octanol–water partition coefficient (Wildman–Crippen LogP) is 2.39. The van der Waals surface area contributed by atoms with Crippen molar-refractivity contribution in [2.45, 2.75) is 32.4 Å². The van der Waals surface area contributed by atoms with Gasteiger partial charge in [0.2, 0.25) is 0 Å². The van der Waals surface area contributed by atoms with Crippen LogP contribution >= 0.6 is 0 Å². The molecule has 1 N–H and O–H groups in total. The first-order valence-electron chi connectivity index (χ1n) is 4.74. The van der Waals surface area contributed by atoms with Gasteiger partial charge in [-0.25, -0.2) is 4.39 Å². The van der Waals surface area contributed by atoms with Crippen LogP contribution in [0.2, 0.25) is 0 Å². The SMILES string of the molecule is Cc1ccc(F)c(CNC2CC2)c1. The van der Waals surface area contributed by atoms with E-state index in [4.69, 9.17) is 0 Å². The zero-order valence-electron chi connectivity index (χ0n) is 7.81. The Morgan fingerprint density at radius 1 is 1.46 bits per heavy atom. The Labute approximate surface area is 78.0 Å². The Morgan fingerprint density at radius 2 is 2.23 bits per heavy atom. The van der Waals surface area contributed by atoms with Crippen LogP contribution in [0, 0.1) is 12.7 Å². The molecule has 1 fully saturated rings. The van der Waals surface area contributed by atoms with Crippen molar-refractivity contribution in [2.75, 3.05) is 0 Å². The molecule has 70 valence electrons. The summed E-state index contributed by atoms with van der Waals surface area (Å²) in [5.74, 6) is -0.0984. The Balaban J connectivity index is 2.03. The maximum atomic E-state index is 13.2. The lowest BCUT2D eigenvalue weighted by Gasteiger charge is -2.05. The van der Waals surface area contributed by atoms with Crippen molar-refractivity contribution in [3.05, 3.63) is 35.1 Å². The highest BCUT2D eigenvalue weighted by atomic mass is 19.1. The third-order valence-corrected chi connectivity index (χ3v) is 2.36. The van der Waals surface area contributed by atoms with Crippen molar-refractivity contribution in [3.63, 3.8) is 0 Å². The highest BCUT2D eigenvalue weighted by molar-refractivity contribution is 5.24. The summed E-state index contributed by atoms with van der Waals surface area (Å²) >= 11 is 0. The summed E-state index contributed by atoms with van der Waals surface area (Å²) in [5, 5.41) is 3.30. The van der Waals surface area contributed by atoms with E-state index in [1.807, 2.05) is 13.0 Å². The molecule has 0 atom stereocenters. The minimum absolute atomic E-state index is 0.0984. The van der Waals surface area contributed by atoms with Gasteiger partial charge in [0, 0.05) is 18.2 Å². The molecule has 0 unspecified atom stereocenters. The van der Waals surface area contributed by atoms with Crippen LogP contribution in [0.15, 0.2) is 18.2 Å². The van der Waals surface area contributed by atoms with Gasteiger partial charge in [-0.05, 0) is 25.8 Å². The van der Waals surface area contributed by atoms with E-state index >= 15 is 0 Å². The monoisotopic (exact) mass is 179 g/mol. The number of rotatable bonds is 3. The average Bonchev–Trinajstić information content (AvgIpc) is 2.90. The molecule has 13 heavy (non-hydrogen) atoms. The molecule has 0 aliphatic heterocycles. The van der Waals surface area contributed by atoms with E-state index in [0.29, 0.717) is 12.6 Å². The average molecular weight is 179 g/mol. The van der Waals surface area contributed by atoms with E-state index in [2.05, 4.69) is 5.32 Å². The first-order chi connectivity index (χ1) is 6.25. The predicted molar refractivity (Wildman–Crippen MR) is 51.0 cm³/mol. The summed E-state index contributed by atoms with van der Waals surface area (Å²) in [6, 6.07) is 5.89. The van der Waals surface area contributed by atoms with Crippen LogP contribution < -0.4 is 5.32 Å². The molecular formula is C11H14FN. The maximum Gasteiger partial charge on any atom is 0.127 e. The van der Waals surface area contributed by atoms with Gasteiger partial charge in [0.25, 0.3) is 0 Å². The van der Waals surface area contributed by atoms with E-state index in [-0.39, 0.29) is 5.82 Å². The van der Waals surface area contributed by atoms with Crippen LogP contribution in [0.4, 0.5) is 4.39 Å². The van der Waals surface area contributed by atoms with Gasteiger partial charge in [-0.15, -0.1) is 0 Å². The van der Waals surface area contributed by atoms with Crippen molar-refractivity contribution < 1.29 is 4.39 Å². The third kappa shape index (κ3) is 2.28. The smallest absolute Gasteiger partial charge is 0.127 e. The van der Waals surface area contributed by atoms with Crippen molar-refractivity contribution in [1.29, 1.82) is 0 Å².